The molecule has 8 heteroatoms. The number of aromatic nitrogens is 1. The minimum atomic E-state index is -0.497. The number of phenols is 1. The Kier molecular flexibility index (Phi) is 5.38. The fourth-order valence-electron chi connectivity index (χ4n) is 3.38. The normalized spacial score (nSPS) is 12.9. The number of benzene rings is 2. The van der Waals surface area contributed by atoms with E-state index in [0.717, 1.165) is 5.56 Å². The molecule has 1 aliphatic heterocycles. The van der Waals surface area contributed by atoms with Gasteiger partial charge in [-0.1, -0.05) is 6.07 Å². The molecule has 3 aromatic rings. The van der Waals surface area contributed by atoms with Gasteiger partial charge < -0.3 is 34.1 Å². The molecule has 8 nitrogen and oxygen atoms in total. The number of anilines is 1. The maximum absolute atomic E-state index is 10.8. The number of hydrogen-bond acceptors (Lipinski definition) is 8. The topological polar surface area (TPSA) is 91.3 Å². The van der Waals surface area contributed by atoms with Crippen LogP contribution in [0.3, 0.4) is 0 Å². The highest BCUT2D eigenvalue weighted by atomic mass is 16.7. The van der Waals surface area contributed by atoms with E-state index in [0.29, 0.717) is 40.1 Å². The summed E-state index contributed by atoms with van der Waals surface area (Å²) >= 11 is 0. The molecule has 2 N–H and O–H groups in total. The van der Waals surface area contributed by atoms with Crippen LogP contribution in [0.5, 0.6) is 34.5 Å². The molecule has 1 aromatic heterocycles. The number of methoxy groups -OCH3 is 3. The van der Waals surface area contributed by atoms with Crippen LogP contribution < -0.4 is 29.0 Å². The monoisotopic (exact) mass is 410 g/mol. The molecule has 0 spiro atoms. The second kappa shape index (κ2) is 8.28. The average molecular weight is 410 g/mol. The first-order valence-electron chi connectivity index (χ1n) is 9.24. The molecule has 30 heavy (non-hydrogen) atoms. The van der Waals surface area contributed by atoms with Crippen molar-refractivity contribution in [1.29, 1.82) is 0 Å². The van der Waals surface area contributed by atoms with E-state index in [1.165, 1.54) is 0 Å². The second-order valence-corrected chi connectivity index (χ2v) is 6.52. The number of fused-ring (bicyclic) bond motifs is 1. The highest BCUT2D eigenvalue weighted by Crippen LogP contribution is 2.45. The minimum absolute atomic E-state index is 0.0569. The van der Waals surface area contributed by atoms with E-state index in [-0.39, 0.29) is 12.5 Å². The number of nitrogens with zero attached hydrogens (tertiary/aromatic N) is 1. The highest BCUT2D eigenvalue weighted by molar-refractivity contribution is 5.60. The van der Waals surface area contributed by atoms with E-state index in [4.69, 9.17) is 23.7 Å². The molecule has 4 rings (SSSR count). The van der Waals surface area contributed by atoms with Gasteiger partial charge in [-0.3, -0.25) is 0 Å². The van der Waals surface area contributed by atoms with Gasteiger partial charge in [0.2, 0.25) is 12.5 Å². The van der Waals surface area contributed by atoms with Gasteiger partial charge in [-0.2, -0.15) is 0 Å². The third kappa shape index (κ3) is 3.59. The Morgan fingerprint density at radius 1 is 0.967 bits per heavy atom. The van der Waals surface area contributed by atoms with Gasteiger partial charge >= 0.3 is 0 Å². The van der Waals surface area contributed by atoms with Gasteiger partial charge in [0.1, 0.15) is 11.6 Å². The number of pyridine rings is 1. The first-order valence-corrected chi connectivity index (χ1v) is 9.24. The van der Waals surface area contributed by atoms with Crippen molar-refractivity contribution in [1.82, 2.24) is 4.98 Å². The summed E-state index contributed by atoms with van der Waals surface area (Å²) in [5, 5.41) is 14.1. The van der Waals surface area contributed by atoms with E-state index >= 15 is 0 Å². The smallest absolute Gasteiger partial charge is 0.231 e. The molecule has 0 fully saturated rings. The van der Waals surface area contributed by atoms with Crippen molar-refractivity contribution in [2.24, 2.45) is 0 Å². The zero-order valence-electron chi connectivity index (χ0n) is 16.8. The standard InChI is InChI=1S/C22H22N2O6/c1-26-18-8-13(9-19(27-2)22(18)28-3)21(24-20-6-4-5-7-23-20)14-10-16-17(11-15(14)25)30-12-29-16/h4-11,21,25H,12H2,1-3H3,(H,23,24). The maximum atomic E-state index is 10.8. The van der Waals surface area contributed by atoms with Crippen LogP contribution in [0.1, 0.15) is 17.2 Å². The Balaban J connectivity index is 1.86. The molecular formula is C22H22N2O6. The molecule has 0 radical (unpaired) electrons. The van der Waals surface area contributed by atoms with Gasteiger partial charge in [0.05, 0.1) is 27.4 Å². The number of hydrogen-bond donors (Lipinski definition) is 2. The van der Waals surface area contributed by atoms with Gasteiger partial charge in [0, 0.05) is 17.8 Å². The first kappa shape index (κ1) is 19.5. The Morgan fingerprint density at radius 2 is 1.67 bits per heavy atom. The van der Waals surface area contributed by atoms with Crippen molar-refractivity contribution in [2.75, 3.05) is 33.4 Å². The van der Waals surface area contributed by atoms with Gasteiger partial charge in [0.15, 0.2) is 23.0 Å². The van der Waals surface area contributed by atoms with Crippen molar-refractivity contribution in [3.8, 4) is 34.5 Å². The quantitative estimate of drug-likeness (QED) is 0.609. The maximum Gasteiger partial charge on any atom is 0.231 e. The molecule has 1 atom stereocenters. The lowest BCUT2D eigenvalue weighted by atomic mass is 9.96. The van der Waals surface area contributed by atoms with E-state index in [9.17, 15) is 5.11 Å². The zero-order chi connectivity index (χ0) is 21.1. The predicted octanol–water partition coefficient (Wildman–Crippen LogP) is 3.74. The number of nitrogens with one attached hydrogen (secondary N) is 1. The average Bonchev–Trinajstić information content (AvgIpc) is 3.23. The number of ether oxygens (including phenoxy) is 5. The first-order chi connectivity index (χ1) is 14.6. The summed E-state index contributed by atoms with van der Waals surface area (Å²) in [4.78, 5) is 4.35. The molecule has 2 heterocycles. The van der Waals surface area contributed by atoms with Crippen LogP contribution in [0.15, 0.2) is 48.7 Å². The predicted molar refractivity (Wildman–Crippen MR) is 110 cm³/mol. The second-order valence-electron chi connectivity index (χ2n) is 6.52. The van der Waals surface area contributed by atoms with Crippen LogP contribution in [0.2, 0.25) is 0 Å². The molecule has 1 unspecified atom stereocenters. The summed E-state index contributed by atoms with van der Waals surface area (Å²) in [6.07, 6.45) is 1.69. The lowest BCUT2D eigenvalue weighted by molar-refractivity contribution is 0.174. The number of aromatic hydroxyl groups is 1. The van der Waals surface area contributed by atoms with Gasteiger partial charge in [-0.05, 0) is 35.9 Å². The fraction of sp³-hybridized carbons (Fsp3) is 0.227. The van der Waals surface area contributed by atoms with Crippen LogP contribution in [0, 0.1) is 0 Å². The van der Waals surface area contributed by atoms with Crippen molar-refractivity contribution in [2.45, 2.75) is 6.04 Å². The molecule has 156 valence electrons. The lowest BCUT2D eigenvalue weighted by Crippen LogP contribution is -2.14. The summed E-state index contributed by atoms with van der Waals surface area (Å²) in [5.74, 6) is 3.23. The molecule has 0 amide bonds. The van der Waals surface area contributed by atoms with Crippen LogP contribution in [-0.4, -0.2) is 38.2 Å². The number of rotatable bonds is 7. The lowest BCUT2D eigenvalue weighted by Gasteiger charge is -2.23. The van der Waals surface area contributed by atoms with E-state index in [1.807, 2.05) is 30.3 Å². The summed E-state index contributed by atoms with van der Waals surface area (Å²) < 4.78 is 27.3. The van der Waals surface area contributed by atoms with Crippen LogP contribution in [0.4, 0.5) is 5.82 Å². The molecule has 0 bridgehead atoms. The Labute approximate surface area is 173 Å². The highest BCUT2D eigenvalue weighted by Gasteiger charge is 2.26. The van der Waals surface area contributed by atoms with E-state index < -0.39 is 6.04 Å². The van der Waals surface area contributed by atoms with Crippen molar-refractivity contribution in [3.05, 3.63) is 59.8 Å². The number of phenolic OH excluding ortho intramolecular Hbond substituents is 1. The van der Waals surface area contributed by atoms with Crippen molar-refractivity contribution in [3.63, 3.8) is 0 Å². The molecule has 2 aromatic carbocycles. The van der Waals surface area contributed by atoms with Crippen molar-refractivity contribution >= 4 is 5.82 Å². The van der Waals surface area contributed by atoms with Crippen LogP contribution >= 0.6 is 0 Å². The van der Waals surface area contributed by atoms with Gasteiger partial charge in [-0.15, -0.1) is 0 Å². The molecule has 0 saturated heterocycles. The fourth-order valence-corrected chi connectivity index (χ4v) is 3.38. The molecule has 0 aliphatic carbocycles. The molecule has 0 saturated carbocycles. The largest absolute Gasteiger partial charge is 0.507 e. The van der Waals surface area contributed by atoms with Gasteiger partial charge in [0.25, 0.3) is 0 Å². The Hall–Kier alpha value is -3.81. The zero-order valence-corrected chi connectivity index (χ0v) is 16.8. The van der Waals surface area contributed by atoms with Crippen LogP contribution in [0.25, 0.3) is 0 Å². The third-order valence-electron chi connectivity index (χ3n) is 4.81. The summed E-state index contributed by atoms with van der Waals surface area (Å²) in [7, 11) is 4.66. The summed E-state index contributed by atoms with van der Waals surface area (Å²) in [6, 6.07) is 12.0. The van der Waals surface area contributed by atoms with E-state index in [1.54, 1.807) is 39.7 Å². The van der Waals surface area contributed by atoms with Crippen molar-refractivity contribution < 1.29 is 28.8 Å². The summed E-state index contributed by atoms with van der Waals surface area (Å²) in [6.45, 7) is 0.112. The Morgan fingerprint density at radius 3 is 2.27 bits per heavy atom. The summed E-state index contributed by atoms with van der Waals surface area (Å²) in [5.41, 5.74) is 1.35. The minimum Gasteiger partial charge on any atom is -0.507 e. The molecular weight excluding hydrogens is 388 g/mol. The SMILES string of the molecule is COc1cc(C(Nc2ccccn2)c2cc3c(cc2O)OCO3)cc(OC)c1OC. The van der Waals surface area contributed by atoms with Crippen LogP contribution in [-0.2, 0) is 0 Å². The Bertz CT molecular complexity index is 1020. The molecule has 1 aliphatic rings. The van der Waals surface area contributed by atoms with Gasteiger partial charge in [-0.25, -0.2) is 4.98 Å². The third-order valence-corrected chi connectivity index (χ3v) is 4.81. The van der Waals surface area contributed by atoms with E-state index in [2.05, 4.69) is 10.3 Å².